The predicted molar refractivity (Wildman–Crippen MR) is 99.6 cm³/mol. The summed E-state index contributed by atoms with van der Waals surface area (Å²) in [5.74, 6) is 0.723. The van der Waals surface area contributed by atoms with Crippen LogP contribution in [0.5, 0.6) is 5.75 Å². The lowest BCUT2D eigenvalue weighted by atomic mass is 9.84. The molecule has 0 radical (unpaired) electrons. The number of benzene rings is 2. The normalized spacial score (nSPS) is 21.4. The molecule has 2 aromatic rings. The molecule has 0 bridgehead atoms. The Balaban J connectivity index is 1.70. The van der Waals surface area contributed by atoms with Crippen molar-refractivity contribution in [1.29, 1.82) is 0 Å². The molecule has 0 unspecified atom stereocenters. The van der Waals surface area contributed by atoms with Crippen LogP contribution in [-0.4, -0.2) is 24.1 Å². The summed E-state index contributed by atoms with van der Waals surface area (Å²) in [6.07, 6.45) is 5.85. The molecule has 3 rings (SSSR count). The van der Waals surface area contributed by atoms with Gasteiger partial charge >= 0.3 is 0 Å². The molecule has 3 nitrogen and oxygen atoms in total. The van der Waals surface area contributed by atoms with Gasteiger partial charge in [-0.3, -0.25) is 4.79 Å². The Kier molecular flexibility index (Phi) is 5.67. The molecular weight excluding hydrogens is 312 g/mol. The van der Waals surface area contributed by atoms with Crippen LogP contribution in [0.2, 0.25) is 0 Å². The first kappa shape index (κ1) is 17.4. The van der Waals surface area contributed by atoms with Gasteiger partial charge in [-0.1, -0.05) is 48.9 Å². The summed E-state index contributed by atoms with van der Waals surface area (Å²) < 4.78 is 5.15. The van der Waals surface area contributed by atoms with E-state index in [4.69, 9.17) is 4.74 Å². The number of methoxy groups -OCH3 is 1. The number of aliphatic hydroxyl groups excluding tert-OH is 1. The Labute approximate surface area is 149 Å². The zero-order valence-corrected chi connectivity index (χ0v) is 14.5. The summed E-state index contributed by atoms with van der Waals surface area (Å²) in [5.41, 5.74) is 1.74. The average Bonchev–Trinajstić information content (AvgIpc) is 3.16. The third-order valence-electron chi connectivity index (χ3n) is 5.00. The average molecular weight is 336 g/mol. The molecule has 25 heavy (non-hydrogen) atoms. The number of aliphatic hydroxyl groups is 1. The number of hydrogen-bond acceptors (Lipinski definition) is 3. The Morgan fingerprint density at radius 3 is 2.52 bits per heavy atom. The zero-order chi connectivity index (χ0) is 17.6. The van der Waals surface area contributed by atoms with Crippen LogP contribution in [0, 0.1) is 11.8 Å². The summed E-state index contributed by atoms with van der Waals surface area (Å²) in [6.45, 7) is 0. The number of carbonyl (C=O) groups is 1. The summed E-state index contributed by atoms with van der Waals surface area (Å²) >= 11 is 0. The highest BCUT2D eigenvalue weighted by molar-refractivity contribution is 5.98. The first-order valence-electron chi connectivity index (χ1n) is 8.78. The Hall–Kier alpha value is -2.39. The van der Waals surface area contributed by atoms with Gasteiger partial charge < -0.3 is 9.84 Å². The molecule has 1 aliphatic carbocycles. The van der Waals surface area contributed by atoms with Crippen LogP contribution < -0.4 is 4.74 Å². The highest BCUT2D eigenvalue weighted by Gasteiger charge is 2.36. The van der Waals surface area contributed by atoms with E-state index in [1.807, 2.05) is 66.7 Å². The summed E-state index contributed by atoms with van der Waals surface area (Å²) in [6, 6.07) is 17.1. The largest absolute Gasteiger partial charge is 0.497 e. The van der Waals surface area contributed by atoms with E-state index in [1.165, 1.54) is 0 Å². The smallest absolute Gasteiger partial charge is 0.166 e. The zero-order valence-electron chi connectivity index (χ0n) is 14.5. The minimum absolute atomic E-state index is 0.0189. The van der Waals surface area contributed by atoms with Crippen molar-refractivity contribution in [2.45, 2.75) is 25.4 Å². The minimum atomic E-state index is -0.602. The maximum atomic E-state index is 12.9. The number of hydrogen-bond donors (Lipinski definition) is 1. The van der Waals surface area contributed by atoms with Crippen LogP contribution >= 0.6 is 0 Å². The lowest BCUT2D eigenvalue weighted by Gasteiger charge is -2.22. The Morgan fingerprint density at radius 1 is 1.12 bits per heavy atom. The van der Waals surface area contributed by atoms with Crippen molar-refractivity contribution in [1.82, 2.24) is 0 Å². The van der Waals surface area contributed by atoms with Crippen LogP contribution in [0.4, 0.5) is 0 Å². The molecule has 3 atom stereocenters. The van der Waals surface area contributed by atoms with E-state index in [2.05, 4.69) is 0 Å². The SMILES string of the molecule is COc1ccc(C(=O)[C@H]2CCC[C@@H]2[C@@H](O)/C=C/c2ccccc2)cc1. The molecular formula is C22H24O3. The Morgan fingerprint density at radius 2 is 1.84 bits per heavy atom. The second-order valence-electron chi connectivity index (χ2n) is 6.55. The van der Waals surface area contributed by atoms with Gasteiger partial charge in [0, 0.05) is 11.5 Å². The van der Waals surface area contributed by atoms with Crippen LogP contribution in [0.1, 0.15) is 35.2 Å². The highest BCUT2D eigenvalue weighted by Crippen LogP contribution is 2.37. The van der Waals surface area contributed by atoms with Gasteiger partial charge in [-0.25, -0.2) is 0 Å². The van der Waals surface area contributed by atoms with E-state index >= 15 is 0 Å². The van der Waals surface area contributed by atoms with E-state index in [0.717, 1.165) is 30.6 Å². The number of Topliss-reactive ketones (excluding diaryl/α,β-unsaturated/α-hetero) is 1. The van der Waals surface area contributed by atoms with Gasteiger partial charge in [0.05, 0.1) is 13.2 Å². The van der Waals surface area contributed by atoms with Gasteiger partial charge in [0.2, 0.25) is 0 Å². The van der Waals surface area contributed by atoms with Crippen molar-refractivity contribution in [3.8, 4) is 5.75 Å². The maximum Gasteiger partial charge on any atom is 0.166 e. The van der Waals surface area contributed by atoms with Crippen LogP contribution in [0.3, 0.4) is 0 Å². The van der Waals surface area contributed by atoms with Gasteiger partial charge in [0.15, 0.2) is 5.78 Å². The molecule has 0 aromatic heterocycles. The third kappa shape index (κ3) is 4.18. The second kappa shape index (κ2) is 8.13. The van der Waals surface area contributed by atoms with Gasteiger partial charge in [-0.2, -0.15) is 0 Å². The van der Waals surface area contributed by atoms with E-state index < -0.39 is 6.10 Å². The fourth-order valence-electron chi connectivity index (χ4n) is 3.61. The van der Waals surface area contributed by atoms with Gasteiger partial charge in [-0.05, 0) is 48.6 Å². The number of carbonyl (C=O) groups excluding carboxylic acids is 1. The van der Waals surface area contributed by atoms with Crippen molar-refractivity contribution in [3.63, 3.8) is 0 Å². The van der Waals surface area contributed by atoms with E-state index in [1.54, 1.807) is 7.11 Å². The third-order valence-corrected chi connectivity index (χ3v) is 5.00. The minimum Gasteiger partial charge on any atom is -0.497 e. The van der Waals surface area contributed by atoms with Crippen molar-refractivity contribution in [2.24, 2.45) is 11.8 Å². The fraction of sp³-hybridized carbons (Fsp3) is 0.318. The molecule has 2 aromatic carbocycles. The molecule has 1 fully saturated rings. The van der Waals surface area contributed by atoms with Crippen LogP contribution in [0.15, 0.2) is 60.7 Å². The predicted octanol–water partition coefficient (Wildman–Crippen LogP) is 4.37. The quantitative estimate of drug-likeness (QED) is 0.797. The number of rotatable bonds is 6. The maximum absolute atomic E-state index is 12.9. The number of ether oxygens (including phenoxy) is 1. The first-order chi connectivity index (χ1) is 12.2. The molecule has 0 aliphatic heterocycles. The number of ketones is 1. The lowest BCUT2D eigenvalue weighted by molar-refractivity contribution is 0.0778. The van der Waals surface area contributed by atoms with Crippen molar-refractivity contribution in [2.75, 3.05) is 7.11 Å². The van der Waals surface area contributed by atoms with Crippen LogP contribution in [0.25, 0.3) is 6.08 Å². The molecule has 0 saturated heterocycles. The summed E-state index contributed by atoms with van der Waals surface area (Å²) in [7, 11) is 1.61. The summed E-state index contributed by atoms with van der Waals surface area (Å²) in [5, 5.41) is 10.6. The van der Waals surface area contributed by atoms with Crippen molar-refractivity contribution < 1.29 is 14.6 Å². The molecule has 0 heterocycles. The molecule has 1 aliphatic rings. The molecule has 130 valence electrons. The molecule has 1 N–H and O–H groups in total. The standard InChI is InChI=1S/C22H24O3/c1-25-18-13-11-17(12-14-18)22(24)20-9-5-8-19(20)21(23)15-10-16-6-3-2-4-7-16/h2-4,6-7,10-15,19-21,23H,5,8-9H2,1H3/b15-10+/t19-,20-,21-/m0/s1. The lowest BCUT2D eigenvalue weighted by Crippen LogP contribution is -2.27. The van der Waals surface area contributed by atoms with Crippen molar-refractivity contribution >= 4 is 11.9 Å². The summed E-state index contributed by atoms with van der Waals surface area (Å²) in [4.78, 5) is 12.9. The van der Waals surface area contributed by atoms with Crippen LogP contribution in [-0.2, 0) is 0 Å². The van der Waals surface area contributed by atoms with Crippen molar-refractivity contribution in [3.05, 3.63) is 71.8 Å². The molecule has 3 heteroatoms. The Bertz CT molecular complexity index is 719. The van der Waals surface area contributed by atoms with E-state index in [-0.39, 0.29) is 17.6 Å². The van der Waals surface area contributed by atoms with Gasteiger partial charge in [0.1, 0.15) is 5.75 Å². The fourth-order valence-corrected chi connectivity index (χ4v) is 3.61. The first-order valence-corrected chi connectivity index (χ1v) is 8.78. The molecule has 1 saturated carbocycles. The molecule has 0 spiro atoms. The van der Waals surface area contributed by atoms with E-state index in [0.29, 0.717) is 5.56 Å². The van der Waals surface area contributed by atoms with E-state index in [9.17, 15) is 9.90 Å². The van der Waals surface area contributed by atoms with Gasteiger partial charge in [0.25, 0.3) is 0 Å². The highest BCUT2D eigenvalue weighted by atomic mass is 16.5. The second-order valence-corrected chi connectivity index (χ2v) is 6.55. The van der Waals surface area contributed by atoms with Gasteiger partial charge in [-0.15, -0.1) is 0 Å². The topological polar surface area (TPSA) is 46.5 Å². The monoisotopic (exact) mass is 336 g/mol. The molecule has 0 amide bonds.